The molecule has 1 amide bonds. The molecule has 1 saturated carbocycles. The van der Waals surface area contributed by atoms with Gasteiger partial charge in [-0.1, -0.05) is 38.1 Å². The van der Waals surface area contributed by atoms with Gasteiger partial charge < -0.3 is 15.4 Å². The number of amides is 1. The molecule has 0 spiro atoms. The number of hydrogen-bond acceptors (Lipinski definition) is 4. The van der Waals surface area contributed by atoms with Crippen LogP contribution in [0.3, 0.4) is 0 Å². The minimum atomic E-state index is 0.0116. The van der Waals surface area contributed by atoms with Gasteiger partial charge in [-0.3, -0.25) is 4.79 Å². The molecule has 2 aromatic carbocycles. The Balaban J connectivity index is 1.49. The Hall–Kier alpha value is -1.95. The number of fused-ring (bicyclic) bond motifs is 3. The predicted octanol–water partition coefficient (Wildman–Crippen LogP) is 5.78. The molecule has 1 aliphatic rings. The number of carbonyl (C=O) groups excluding carboxylic acids is 1. The van der Waals surface area contributed by atoms with Crippen LogP contribution < -0.4 is 10.6 Å². The highest BCUT2D eigenvalue weighted by Gasteiger charge is 2.35. The minimum Gasteiger partial charge on any atom is -0.373 e. The molecule has 1 aromatic heterocycles. The van der Waals surface area contributed by atoms with Crippen molar-refractivity contribution in [1.29, 1.82) is 0 Å². The molecular formula is C26H34N2O2S. The number of carbonyl (C=O) groups is 1. The third-order valence-electron chi connectivity index (χ3n) is 6.50. The largest absolute Gasteiger partial charge is 0.373 e. The number of benzene rings is 2. The molecular weight excluding hydrogens is 404 g/mol. The van der Waals surface area contributed by atoms with E-state index in [1.165, 1.54) is 25.7 Å². The van der Waals surface area contributed by atoms with Crippen LogP contribution >= 0.6 is 11.3 Å². The zero-order valence-corrected chi connectivity index (χ0v) is 19.6. The third-order valence-corrected chi connectivity index (χ3v) is 7.65. The van der Waals surface area contributed by atoms with Gasteiger partial charge in [0.05, 0.1) is 18.2 Å². The molecule has 0 aliphatic heterocycles. The van der Waals surface area contributed by atoms with Gasteiger partial charge in [0.2, 0.25) is 5.91 Å². The fourth-order valence-electron chi connectivity index (χ4n) is 4.83. The number of thiophene rings is 1. The molecule has 4 nitrogen and oxygen atoms in total. The first-order valence-corrected chi connectivity index (χ1v) is 12.5. The zero-order valence-electron chi connectivity index (χ0n) is 18.8. The lowest BCUT2D eigenvalue weighted by Gasteiger charge is -2.40. The van der Waals surface area contributed by atoms with Crippen molar-refractivity contribution in [2.75, 3.05) is 0 Å². The van der Waals surface area contributed by atoms with Gasteiger partial charge in [-0.05, 0) is 55.9 Å². The van der Waals surface area contributed by atoms with Gasteiger partial charge in [0, 0.05) is 39.7 Å². The molecule has 2 N–H and O–H groups in total. The summed E-state index contributed by atoms with van der Waals surface area (Å²) in [5, 5.41) is 9.60. The first-order valence-electron chi connectivity index (χ1n) is 11.6. The number of hydrogen-bond donors (Lipinski definition) is 2. The average Bonchev–Trinajstić information content (AvgIpc) is 3.15. The maximum Gasteiger partial charge on any atom is 0.217 e. The van der Waals surface area contributed by atoms with Gasteiger partial charge in [-0.25, -0.2) is 0 Å². The quantitative estimate of drug-likeness (QED) is 0.469. The van der Waals surface area contributed by atoms with Crippen molar-refractivity contribution >= 4 is 37.4 Å². The highest BCUT2D eigenvalue weighted by molar-refractivity contribution is 7.25. The summed E-state index contributed by atoms with van der Waals surface area (Å²) in [6, 6.07) is 15.6. The van der Waals surface area contributed by atoms with Gasteiger partial charge in [0.15, 0.2) is 0 Å². The standard InChI is InChI=1S/C26H34N2O2S/c1-4-19(5-2)30-23-11-8-10-22(26(23)28-17(3)29)27-16-18-13-14-25-21(15-18)20-9-6-7-12-24(20)31-25/h6-7,9,12-15,19,22-23,26-27H,4-5,8,10-11,16H2,1-3H3,(H,28,29)/t22-,23?,26+/m0/s1. The molecule has 0 radical (unpaired) electrons. The second kappa shape index (κ2) is 10.1. The van der Waals surface area contributed by atoms with E-state index in [1.54, 1.807) is 6.92 Å². The van der Waals surface area contributed by atoms with Crippen molar-refractivity contribution in [2.45, 2.75) is 83.7 Å². The van der Waals surface area contributed by atoms with E-state index < -0.39 is 0 Å². The Morgan fingerprint density at radius 2 is 1.87 bits per heavy atom. The topological polar surface area (TPSA) is 50.4 Å². The lowest BCUT2D eigenvalue weighted by molar-refractivity contribution is -0.123. The van der Waals surface area contributed by atoms with Crippen LogP contribution in [0.1, 0.15) is 58.4 Å². The van der Waals surface area contributed by atoms with Crippen LogP contribution in [0.15, 0.2) is 42.5 Å². The maximum atomic E-state index is 12.0. The second-order valence-electron chi connectivity index (χ2n) is 8.69. The number of nitrogens with one attached hydrogen (secondary N) is 2. The second-order valence-corrected chi connectivity index (χ2v) is 9.77. The smallest absolute Gasteiger partial charge is 0.217 e. The summed E-state index contributed by atoms with van der Waals surface area (Å²) in [7, 11) is 0. The van der Waals surface area contributed by atoms with Gasteiger partial charge >= 0.3 is 0 Å². The van der Waals surface area contributed by atoms with Crippen molar-refractivity contribution in [2.24, 2.45) is 0 Å². The Morgan fingerprint density at radius 3 is 2.65 bits per heavy atom. The van der Waals surface area contributed by atoms with Crippen LogP contribution in [-0.4, -0.2) is 30.2 Å². The minimum absolute atomic E-state index is 0.0116. The van der Waals surface area contributed by atoms with Crippen molar-refractivity contribution < 1.29 is 9.53 Å². The summed E-state index contributed by atoms with van der Waals surface area (Å²) in [5.41, 5.74) is 1.28. The molecule has 5 heteroatoms. The molecule has 0 saturated heterocycles. The Kier molecular flexibility index (Phi) is 7.26. The van der Waals surface area contributed by atoms with E-state index in [0.29, 0.717) is 0 Å². The SMILES string of the molecule is CCC(CC)OC1CCC[C@H](NCc2ccc3sc4ccccc4c3c2)[C@H]1NC(C)=O. The molecule has 0 bridgehead atoms. The van der Waals surface area contributed by atoms with Gasteiger partial charge in [-0.2, -0.15) is 0 Å². The molecule has 1 unspecified atom stereocenters. The summed E-state index contributed by atoms with van der Waals surface area (Å²) < 4.78 is 9.09. The summed E-state index contributed by atoms with van der Waals surface area (Å²) in [6.07, 6.45) is 5.52. The lowest BCUT2D eigenvalue weighted by Crippen LogP contribution is -2.58. The average molecular weight is 439 g/mol. The highest BCUT2D eigenvalue weighted by atomic mass is 32.1. The Morgan fingerprint density at radius 1 is 1.10 bits per heavy atom. The van der Waals surface area contributed by atoms with E-state index in [2.05, 4.69) is 66.9 Å². The van der Waals surface area contributed by atoms with Crippen molar-refractivity contribution in [3.8, 4) is 0 Å². The molecule has 4 rings (SSSR count). The molecule has 1 fully saturated rings. The van der Waals surface area contributed by atoms with Crippen molar-refractivity contribution in [1.82, 2.24) is 10.6 Å². The van der Waals surface area contributed by atoms with Gasteiger partial charge in [0.25, 0.3) is 0 Å². The summed E-state index contributed by atoms with van der Waals surface area (Å²) in [4.78, 5) is 12.0. The van der Waals surface area contributed by atoms with Crippen molar-refractivity contribution in [3.05, 3.63) is 48.0 Å². The van der Waals surface area contributed by atoms with Crippen LogP contribution in [0.4, 0.5) is 0 Å². The normalized spacial score (nSPS) is 21.7. The van der Waals surface area contributed by atoms with Crippen LogP contribution in [-0.2, 0) is 16.1 Å². The van der Waals surface area contributed by atoms with Crippen molar-refractivity contribution in [3.63, 3.8) is 0 Å². The van der Waals surface area contributed by atoms with Crippen LogP contribution in [0.2, 0.25) is 0 Å². The van der Waals surface area contributed by atoms with Crippen LogP contribution in [0.25, 0.3) is 20.2 Å². The first kappa shape index (κ1) is 22.3. The monoisotopic (exact) mass is 438 g/mol. The molecule has 166 valence electrons. The molecule has 3 atom stereocenters. The molecule has 3 aromatic rings. The van der Waals surface area contributed by atoms with Crippen LogP contribution in [0.5, 0.6) is 0 Å². The highest BCUT2D eigenvalue weighted by Crippen LogP contribution is 2.34. The van der Waals surface area contributed by atoms with Crippen LogP contribution in [0, 0.1) is 0 Å². The molecule has 31 heavy (non-hydrogen) atoms. The first-order chi connectivity index (χ1) is 15.1. The third kappa shape index (κ3) is 5.11. The predicted molar refractivity (Wildman–Crippen MR) is 131 cm³/mol. The lowest BCUT2D eigenvalue weighted by atomic mass is 9.87. The Labute approximate surface area is 189 Å². The van der Waals surface area contributed by atoms with E-state index >= 15 is 0 Å². The fourth-order valence-corrected chi connectivity index (χ4v) is 5.91. The summed E-state index contributed by atoms with van der Waals surface area (Å²) >= 11 is 1.85. The van der Waals surface area contributed by atoms with Gasteiger partial charge in [-0.15, -0.1) is 11.3 Å². The molecule has 1 aliphatic carbocycles. The van der Waals surface area contributed by atoms with E-state index in [1.807, 2.05) is 11.3 Å². The summed E-state index contributed by atoms with van der Waals surface area (Å²) in [5.74, 6) is 0.0167. The Bertz CT molecular complexity index is 1030. The summed E-state index contributed by atoms with van der Waals surface area (Å²) in [6.45, 7) is 6.74. The number of rotatable bonds is 8. The van der Waals surface area contributed by atoms with E-state index in [4.69, 9.17) is 4.74 Å². The van der Waals surface area contributed by atoms with E-state index in [-0.39, 0.29) is 30.2 Å². The molecule has 1 heterocycles. The van der Waals surface area contributed by atoms with E-state index in [0.717, 1.165) is 38.6 Å². The van der Waals surface area contributed by atoms with E-state index in [9.17, 15) is 4.79 Å². The van der Waals surface area contributed by atoms with Gasteiger partial charge in [0.1, 0.15) is 0 Å². The maximum absolute atomic E-state index is 12.0. The number of ether oxygens (including phenoxy) is 1. The fraction of sp³-hybridized carbons (Fsp3) is 0.500. The zero-order chi connectivity index (χ0) is 21.8.